The van der Waals surface area contributed by atoms with Crippen LogP contribution in [-0.4, -0.2) is 42.3 Å². The van der Waals surface area contributed by atoms with Gasteiger partial charge in [0.05, 0.1) is 12.7 Å². The Morgan fingerprint density at radius 2 is 2.00 bits per heavy atom. The molecule has 1 saturated carbocycles. The van der Waals surface area contributed by atoms with Crippen molar-refractivity contribution in [1.82, 2.24) is 4.90 Å². The van der Waals surface area contributed by atoms with E-state index in [9.17, 15) is 0 Å². The molecule has 1 aliphatic heterocycles. The van der Waals surface area contributed by atoms with E-state index >= 15 is 0 Å². The number of morpholine rings is 1. The second kappa shape index (κ2) is 4.87. The quantitative estimate of drug-likeness (QED) is 0.802. The van der Waals surface area contributed by atoms with Crippen LogP contribution in [0.25, 0.3) is 0 Å². The lowest BCUT2D eigenvalue weighted by atomic mass is 9.80. The van der Waals surface area contributed by atoms with Crippen LogP contribution in [-0.2, 0) is 4.74 Å². The van der Waals surface area contributed by atoms with Crippen LogP contribution in [0.5, 0.6) is 0 Å². The van der Waals surface area contributed by atoms with Crippen LogP contribution in [0.15, 0.2) is 0 Å². The van der Waals surface area contributed by atoms with E-state index in [1.807, 2.05) is 0 Å². The average molecular weight is 240 g/mol. The molecule has 1 saturated heterocycles. The van der Waals surface area contributed by atoms with Crippen LogP contribution in [0.3, 0.4) is 0 Å². The predicted molar refractivity (Wildman–Crippen MR) is 71.0 cm³/mol. The van der Waals surface area contributed by atoms with Crippen molar-refractivity contribution >= 4 is 0 Å². The molecular formula is C14H28N2O. The lowest BCUT2D eigenvalue weighted by molar-refractivity contribution is -0.0920. The van der Waals surface area contributed by atoms with Crippen LogP contribution >= 0.6 is 0 Å². The molecule has 100 valence electrons. The van der Waals surface area contributed by atoms with Gasteiger partial charge in [-0.3, -0.25) is 4.90 Å². The van der Waals surface area contributed by atoms with Gasteiger partial charge in [-0.25, -0.2) is 0 Å². The number of hydrogen-bond donors (Lipinski definition) is 1. The fourth-order valence-electron chi connectivity index (χ4n) is 3.89. The van der Waals surface area contributed by atoms with Gasteiger partial charge in [0.1, 0.15) is 0 Å². The summed E-state index contributed by atoms with van der Waals surface area (Å²) in [4.78, 5) is 2.64. The largest absolute Gasteiger partial charge is 0.375 e. The fourth-order valence-corrected chi connectivity index (χ4v) is 3.89. The summed E-state index contributed by atoms with van der Waals surface area (Å²) in [5, 5.41) is 0. The van der Waals surface area contributed by atoms with Gasteiger partial charge in [0, 0.05) is 24.7 Å². The first kappa shape index (κ1) is 13.3. The molecule has 0 radical (unpaired) electrons. The Balaban J connectivity index is 2.17. The van der Waals surface area contributed by atoms with Gasteiger partial charge in [-0.1, -0.05) is 20.8 Å². The number of ether oxygens (including phenoxy) is 1. The van der Waals surface area contributed by atoms with E-state index < -0.39 is 0 Å². The van der Waals surface area contributed by atoms with E-state index in [0.717, 1.165) is 13.2 Å². The minimum absolute atomic E-state index is 0.217. The summed E-state index contributed by atoms with van der Waals surface area (Å²) in [6.07, 6.45) is 4.29. The molecule has 2 N–H and O–H groups in total. The first-order valence-corrected chi connectivity index (χ1v) is 7.04. The Bertz CT molecular complexity index is 259. The first-order chi connectivity index (χ1) is 7.91. The molecule has 3 nitrogen and oxygen atoms in total. The van der Waals surface area contributed by atoms with Crippen molar-refractivity contribution < 1.29 is 4.74 Å². The monoisotopic (exact) mass is 240 g/mol. The maximum atomic E-state index is 6.25. The van der Waals surface area contributed by atoms with Gasteiger partial charge < -0.3 is 10.5 Å². The molecule has 0 aromatic rings. The Hall–Kier alpha value is -0.120. The maximum Gasteiger partial charge on any atom is 0.0731 e. The normalized spacial score (nSPS) is 34.4. The van der Waals surface area contributed by atoms with Gasteiger partial charge >= 0.3 is 0 Å². The first-order valence-electron chi connectivity index (χ1n) is 7.04. The van der Waals surface area contributed by atoms with E-state index in [1.165, 1.54) is 19.3 Å². The molecule has 2 rings (SSSR count). The van der Waals surface area contributed by atoms with Gasteiger partial charge in [0.2, 0.25) is 0 Å². The summed E-state index contributed by atoms with van der Waals surface area (Å²) in [6.45, 7) is 11.0. The number of nitrogens with two attached hydrogens (primary N) is 1. The van der Waals surface area contributed by atoms with Crippen molar-refractivity contribution in [2.45, 2.75) is 71.2 Å². The number of nitrogens with zero attached hydrogens (tertiary/aromatic N) is 1. The molecule has 0 aromatic heterocycles. The molecule has 0 amide bonds. The van der Waals surface area contributed by atoms with Gasteiger partial charge in [0.25, 0.3) is 0 Å². The van der Waals surface area contributed by atoms with Gasteiger partial charge in [0.15, 0.2) is 0 Å². The van der Waals surface area contributed by atoms with Crippen molar-refractivity contribution in [2.24, 2.45) is 11.1 Å². The molecule has 3 heteroatoms. The van der Waals surface area contributed by atoms with E-state index in [-0.39, 0.29) is 11.5 Å². The molecule has 4 unspecified atom stereocenters. The van der Waals surface area contributed by atoms with E-state index in [1.54, 1.807) is 0 Å². The number of fused-ring (bicyclic) bond motifs is 1. The van der Waals surface area contributed by atoms with Crippen molar-refractivity contribution in [1.29, 1.82) is 0 Å². The molecule has 2 aliphatic rings. The topological polar surface area (TPSA) is 38.5 Å². The van der Waals surface area contributed by atoms with Gasteiger partial charge in [-0.15, -0.1) is 0 Å². The summed E-state index contributed by atoms with van der Waals surface area (Å²) in [5.74, 6) is 0. The lowest BCUT2D eigenvalue weighted by Crippen LogP contribution is -2.61. The second-order valence-electron chi connectivity index (χ2n) is 6.82. The molecule has 0 aromatic carbocycles. The SMILES string of the molecule is CC(N)C(N1CCOC2CCCC21)C(C)(C)C. The molecule has 1 heterocycles. The average Bonchev–Trinajstić information content (AvgIpc) is 2.63. The smallest absolute Gasteiger partial charge is 0.0731 e. The van der Waals surface area contributed by atoms with Crippen LogP contribution in [0.2, 0.25) is 0 Å². The molecule has 0 bridgehead atoms. The zero-order valence-corrected chi connectivity index (χ0v) is 11.8. The number of rotatable bonds is 2. The highest BCUT2D eigenvalue weighted by molar-refractivity contribution is 4.98. The summed E-state index contributed by atoms with van der Waals surface area (Å²) in [7, 11) is 0. The molecule has 2 fully saturated rings. The zero-order chi connectivity index (χ0) is 12.6. The summed E-state index contributed by atoms with van der Waals surface area (Å²) >= 11 is 0. The van der Waals surface area contributed by atoms with E-state index in [0.29, 0.717) is 18.2 Å². The van der Waals surface area contributed by atoms with Crippen LogP contribution in [0, 0.1) is 5.41 Å². The van der Waals surface area contributed by atoms with Crippen molar-refractivity contribution in [3.8, 4) is 0 Å². The Kier molecular flexibility index (Phi) is 3.81. The van der Waals surface area contributed by atoms with E-state index in [2.05, 4.69) is 32.6 Å². The molecule has 0 spiro atoms. The third-order valence-corrected chi connectivity index (χ3v) is 4.27. The third kappa shape index (κ3) is 2.67. The van der Waals surface area contributed by atoms with Crippen molar-refractivity contribution in [3.05, 3.63) is 0 Å². The minimum Gasteiger partial charge on any atom is -0.375 e. The minimum atomic E-state index is 0.217. The summed E-state index contributed by atoms with van der Waals surface area (Å²) < 4.78 is 5.89. The molecule has 4 atom stereocenters. The second-order valence-corrected chi connectivity index (χ2v) is 6.82. The van der Waals surface area contributed by atoms with Crippen molar-refractivity contribution in [2.75, 3.05) is 13.2 Å². The standard InChI is InChI=1S/C14H28N2O/c1-10(15)13(14(2,3)4)16-8-9-17-12-7-5-6-11(12)16/h10-13H,5-9,15H2,1-4H3. The van der Waals surface area contributed by atoms with Crippen LogP contribution in [0.1, 0.15) is 47.0 Å². The van der Waals surface area contributed by atoms with Crippen LogP contribution in [0.4, 0.5) is 0 Å². The fraction of sp³-hybridized carbons (Fsp3) is 1.00. The molecule has 17 heavy (non-hydrogen) atoms. The van der Waals surface area contributed by atoms with Crippen molar-refractivity contribution in [3.63, 3.8) is 0 Å². The van der Waals surface area contributed by atoms with E-state index in [4.69, 9.17) is 10.5 Å². The summed E-state index contributed by atoms with van der Waals surface area (Å²) in [5.41, 5.74) is 6.49. The Labute approximate surface area is 106 Å². The summed E-state index contributed by atoms with van der Waals surface area (Å²) in [6, 6.07) is 1.28. The molecule has 1 aliphatic carbocycles. The third-order valence-electron chi connectivity index (χ3n) is 4.27. The Morgan fingerprint density at radius 1 is 1.29 bits per heavy atom. The Morgan fingerprint density at radius 3 is 2.59 bits per heavy atom. The molecular weight excluding hydrogens is 212 g/mol. The highest BCUT2D eigenvalue weighted by Crippen LogP contribution is 2.36. The van der Waals surface area contributed by atoms with Crippen LogP contribution < -0.4 is 5.73 Å². The van der Waals surface area contributed by atoms with Gasteiger partial charge in [-0.05, 0) is 31.6 Å². The van der Waals surface area contributed by atoms with Gasteiger partial charge in [-0.2, -0.15) is 0 Å². The number of hydrogen-bond acceptors (Lipinski definition) is 3. The predicted octanol–water partition coefficient (Wildman–Crippen LogP) is 2.00. The lowest BCUT2D eigenvalue weighted by Gasteiger charge is -2.49. The highest BCUT2D eigenvalue weighted by Gasteiger charge is 2.43. The maximum absolute atomic E-state index is 6.25. The zero-order valence-electron chi connectivity index (χ0n) is 11.8. The highest BCUT2D eigenvalue weighted by atomic mass is 16.5.